The molecule has 2 amide bonds. The van der Waals surface area contributed by atoms with Crippen molar-refractivity contribution in [1.29, 1.82) is 0 Å². The average Bonchev–Trinajstić information content (AvgIpc) is 3.58. The number of fused-ring (bicyclic) bond motifs is 5. The van der Waals surface area contributed by atoms with E-state index in [2.05, 4.69) is 15.7 Å². The second-order valence-corrected chi connectivity index (χ2v) is 10.4. The Labute approximate surface area is 207 Å². The Morgan fingerprint density at radius 2 is 1.92 bits per heavy atom. The van der Waals surface area contributed by atoms with Gasteiger partial charge in [-0.1, -0.05) is 6.07 Å². The van der Waals surface area contributed by atoms with Gasteiger partial charge in [-0.25, -0.2) is 9.31 Å². The number of carbonyl (C=O) groups is 2. The van der Waals surface area contributed by atoms with Gasteiger partial charge in [-0.3, -0.25) is 14.2 Å². The zero-order valence-electron chi connectivity index (χ0n) is 20.3. The molecule has 1 aromatic carbocycles. The molecule has 3 aliphatic carbocycles. The molecule has 3 aliphatic rings. The first-order valence-electron chi connectivity index (χ1n) is 12.6. The molecule has 4 aromatic rings. The molecular formula is C26H30N6O4. The number of hydrogen-bond acceptors (Lipinski definition) is 5. The maximum Gasteiger partial charge on any atom is 0.419 e. The van der Waals surface area contributed by atoms with Crippen molar-refractivity contribution >= 4 is 28.6 Å². The highest BCUT2D eigenvalue weighted by Gasteiger charge is 2.40. The van der Waals surface area contributed by atoms with Crippen LogP contribution in [0.4, 0.5) is 0 Å². The first-order chi connectivity index (χ1) is 17.4. The van der Waals surface area contributed by atoms with E-state index in [-0.39, 0.29) is 23.8 Å². The van der Waals surface area contributed by atoms with Gasteiger partial charge in [0.2, 0.25) is 5.91 Å². The van der Waals surface area contributed by atoms with E-state index in [9.17, 15) is 14.4 Å². The van der Waals surface area contributed by atoms with Gasteiger partial charge in [-0.15, -0.1) is 0 Å². The first-order valence-corrected chi connectivity index (χ1v) is 12.6. The lowest BCUT2D eigenvalue weighted by Gasteiger charge is -2.46. The molecule has 0 saturated heterocycles. The van der Waals surface area contributed by atoms with Gasteiger partial charge in [0.15, 0.2) is 5.58 Å². The average molecular weight is 491 g/mol. The van der Waals surface area contributed by atoms with E-state index in [0.29, 0.717) is 35.5 Å². The zero-order chi connectivity index (χ0) is 24.9. The summed E-state index contributed by atoms with van der Waals surface area (Å²) >= 11 is 0. The Morgan fingerprint density at radius 3 is 2.69 bits per heavy atom. The maximum absolute atomic E-state index is 13.1. The molecule has 3 heterocycles. The quantitative estimate of drug-likeness (QED) is 0.413. The van der Waals surface area contributed by atoms with E-state index in [1.165, 1.54) is 43.1 Å². The molecule has 0 unspecified atom stereocenters. The van der Waals surface area contributed by atoms with Crippen molar-refractivity contribution in [2.24, 2.45) is 18.4 Å². The molecule has 2 N–H and O–H groups in total. The van der Waals surface area contributed by atoms with Crippen LogP contribution < -0.4 is 16.4 Å². The van der Waals surface area contributed by atoms with Gasteiger partial charge in [-0.05, 0) is 67.6 Å². The predicted octanol–water partition coefficient (Wildman–Crippen LogP) is 2.60. The van der Waals surface area contributed by atoms with Gasteiger partial charge in [-0.2, -0.15) is 5.10 Å². The highest BCUT2D eigenvalue weighted by Crippen LogP contribution is 2.49. The number of rotatable bonds is 7. The van der Waals surface area contributed by atoms with Crippen LogP contribution in [0.15, 0.2) is 45.9 Å². The minimum atomic E-state index is -0.422. The van der Waals surface area contributed by atoms with E-state index in [1.54, 1.807) is 40.7 Å². The fourth-order valence-electron chi connectivity index (χ4n) is 5.91. The smallest absolute Gasteiger partial charge is 0.408 e. The third-order valence-electron chi connectivity index (χ3n) is 8.19. The summed E-state index contributed by atoms with van der Waals surface area (Å²) < 4.78 is 9.92. The Hall–Kier alpha value is -3.82. The van der Waals surface area contributed by atoms with E-state index >= 15 is 0 Å². The van der Waals surface area contributed by atoms with Crippen LogP contribution in [0.3, 0.4) is 0 Å². The highest BCUT2D eigenvalue weighted by atomic mass is 16.4. The van der Waals surface area contributed by atoms with Crippen molar-refractivity contribution in [1.82, 2.24) is 29.4 Å². The molecule has 0 aliphatic heterocycles. The Bertz CT molecular complexity index is 1500. The standard InChI is InChI=1S/C26H30N6O4/c1-30-19-12-18(2-3-21(19)36-25(30)35)13-27-22(33)15-31-14-20(32-23(31)7-11-29-32)24(34)28-16-26-8-4-17(5-9-26)6-10-26/h2-3,7,11-12,14,17H,4-6,8-10,13,15-16H2,1H3,(H,27,33)(H,28,34). The molecular weight excluding hydrogens is 460 g/mol. The predicted molar refractivity (Wildman–Crippen MR) is 132 cm³/mol. The number of carbonyl (C=O) groups excluding carboxylic acids is 2. The molecule has 0 atom stereocenters. The van der Waals surface area contributed by atoms with Crippen LogP contribution in [0, 0.1) is 11.3 Å². The molecule has 3 aromatic heterocycles. The summed E-state index contributed by atoms with van der Waals surface area (Å²) in [5.74, 6) is 0.103. The van der Waals surface area contributed by atoms with Crippen molar-refractivity contribution in [3.05, 3.63) is 58.5 Å². The highest BCUT2D eigenvalue weighted by molar-refractivity contribution is 5.93. The zero-order valence-corrected chi connectivity index (χ0v) is 20.3. The number of nitrogens with zero attached hydrogens (tertiary/aromatic N) is 4. The van der Waals surface area contributed by atoms with Gasteiger partial charge in [0.25, 0.3) is 5.91 Å². The number of aryl methyl sites for hydroxylation is 1. The van der Waals surface area contributed by atoms with Crippen molar-refractivity contribution < 1.29 is 14.0 Å². The number of imidazole rings is 1. The van der Waals surface area contributed by atoms with Gasteiger partial charge in [0, 0.05) is 32.4 Å². The summed E-state index contributed by atoms with van der Waals surface area (Å²) in [6.07, 6.45) is 10.7. The van der Waals surface area contributed by atoms with Crippen molar-refractivity contribution in [2.45, 2.75) is 51.6 Å². The lowest BCUT2D eigenvalue weighted by Crippen LogP contribution is -2.43. The number of hydrogen-bond donors (Lipinski definition) is 2. The summed E-state index contributed by atoms with van der Waals surface area (Å²) in [6, 6.07) is 7.16. The number of amides is 2. The van der Waals surface area contributed by atoms with Gasteiger partial charge in [0.05, 0.1) is 11.7 Å². The molecule has 7 rings (SSSR count). The fourth-order valence-corrected chi connectivity index (χ4v) is 5.91. The first kappa shape index (κ1) is 22.6. The third kappa shape index (κ3) is 4.00. The molecule has 188 valence electrons. The van der Waals surface area contributed by atoms with E-state index in [0.717, 1.165) is 11.5 Å². The normalized spacial score (nSPS) is 21.3. The SMILES string of the molecule is Cn1c(=O)oc2ccc(CNC(=O)Cn3cc(C(=O)NCC45CCC(CC4)CC5)n4nccc34)cc21. The van der Waals surface area contributed by atoms with E-state index < -0.39 is 5.76 Å². The van der Waals surface area contributed by atoms with Crippen LogP contribution in [0.5, 0.6) is 0 Å². The van der Waals surface area contributed by atoms with Crippen molar-refractivity contribution in [2.75, 3.05) is 6.54 Å². The molecule has 2 bridgehead atoms. The molecule has 10 nitrogen and oxygen atoms in total. The van der Waals surface area contributed by atoms with E-state index in [4.69, 9.17) is 4.42 Å². The molecule has 36 heavy (non-hydrogen) atoms. The van der Waals surface area contributed by atoms with Gasteiger partial charge < -0.3 is 19.6 Å². The molecule has 10 heteroatoms. The van der Waals surface area contributed by atoms with Crippen LogP contribution in [0.1, 0.15) is 54.6 Å². The largest absolute Gasteiger partial charge is 0.419 e. The number of benzene rings is 1. The Balaban J connectivity index is 1.11. The van der Waals surface area contributed by atoms with Crippen LogP contribution in [-0.2, 0) is 24.9 Å². The lowest BCUT2D eigenvalue weighted by atomic mass is 9.61. The van der Waals surface area contributed by atoms with Crippen LogP contribution >= 0.6 is 0 Å². The van der Waals surface area contributed by atoms with Crippen LogP contribution in [0.2, 0.25) is 0 Å². The van der Waals surface area contributed by atoms with Gasteiger partial charge in [0.1, 0.15) is 17.9 Å². The maximum atomic E-state index is 13.1. The number of nitrogens with one attached hydrogen (secondary N) is 2. The monoisotopic (exact) mass is 490 g/mol. The number of aromatic nitrogens is 4. The Morgan fingerprint density at radius 1 is 1.14 bits per heavy atom. The summed E-state index contributed by atoms with van der Waals surface area (Å²) in [7, 11) is 1.65. The van der Waals surface area contributed by atoms with Crippen molar-refractivity contribution in [3.63, 3.8) is 0 Å². The van der Waals surface area contributed by atoms with Crippen LogP contribution in [-0.4, -0.2) is 37.1 Å². The second kappa shape index (κ2) is 8.69. The Kier molecular flexibility index (Phi) is 5.46. The fraction of sp³-hybridized carbons (Fsp3) is 0.462. The van der Waals surface area contributed by atoms with Gasteiger partial charge >= 0.3 is 5.76 Å². The topological polar surface area (TPSA) is 116 Å². The molecule has 3 fully saturated rings. The van der Waals surface area contributed by atoms with E-state index in [1.807, 2.05) is 12.1 Å². The minimum absolute atomic E-state index is 0.0558. The lowest BCUT2D eigenvalue weighted by molar-refractivity contribution is -0.121. The summed E-state index contributed by atoms with van der Waals surface area (Å²) in [6.45, 7) is 1.06. The molecule has 0 radical (unpaired) electrons. The summed E-state index contributed by atoms with van der Waals surface area (Å²) in [5, 5.41) is 10.4. The second-order valence-electron chi connectivity index (χ2n) is 10.4. The van der Waals surface area contributed by atoms with Crippen molar-refractivity contribution in [3.8, 4) is 0 Å². The van der Waals surface area contributed by atoms with Crippen LogP contribution in [0.25, 0.3) is 16.7 Å². The molecule has 0 spiro atoms. The minimum Gasteiger partial charge on any atom is -0.408 e. The molecule has 3 saturated carbocycles. The number of oxazole rings is 1. The summed E-state index contributed by atoms with van der Waals surface area (Å²) in [5.41, 5.74) is 3.38. The third-order valence-corrected chi connectivity index (χ3v) is 8.19. The summed E-state index contributed by atoms with van der Waals surface area (Å²) in [4.78, 5) is 37.5.